The van der Waals surface area contributed by atoms with Gasteiger partial charge in [-0.05, 0) is 60.7 Å². The van der Waals surface area contributed by atoms with Gasteiger partial charge in [-0.15, -0.1) is 11.3 Å². The number of hydrogen-bond donors (Lipinski definition) is 1. The number of nitrogens with one attached hydrogen (secondary N) is 1. The zero-order valence-corrected chi connectivity index (χ0v) is 19.0. The molecule has 0 aliphatic rings. The van der Waals surface area contributed by atoms with Crippen LogP contribution < -0.4 is 15.6 Å². The Hall–Kier alpha value is -3.10. The number of thiophene rings is 1. The normalized spacial score (nSPS) is 10.9. The van der Waals surface area contributed by atoms with Crippen LogP contribution in [0.1, 0.15) is 11.1 Å². The zero-order chi connectivity index (χ0) is 22.0. The second-order valence-corrected chi connectivity index (χ2v) is 8.94. The number of carbonyl (C=O) groups excluding carboxylic acids is 1. The van der Waals surface area contributed by atoms with Crippen molar-refractivity contribution in [3.8, 4) is 11.4 Å². The average Bonchev–Trinajstić information content (AvgIpc) is 3.20. The van der Waals surface area contributed by atoms with Gasteiger partial charge >= 0.3 is 0 Å². The highest BCUT2D eigenvalue weighted by atomic mass is 32.2. The summed E-state index contributed by atoms with van der Waals surface area (Å²) in [6, 6.07) is 15.0. The lowest BCUT2D eigenvalue weighted by molar-refractivity contribution is -0.113. The Morgan fingerprint density at radius 1 is 1.16 bits per heavy atom. The van der Waals surface area contributed by atoms with Crippen molar-refractivity contribution >= 4 is 44.9 Å². The number of methoxy groups -OCH3 is 1. The van der Waals surface area contributed by atoms with E-state index in [9.17, 15) is 9.59 Å². The number of thioether (sulfide) groups is 1. The maximum absolute atomic E-state index is 13.2. The lowest BCUT2D eigenvalue weighted by atomic mass is 10.1. The van der Waals surface area contributed by atoms with E-state index in [1.807, 2.05) is 49.6 Å². The molecule has 0 bridgehead atoms. The lowest BCUT2D eigenvalue weighted by Gasteiger charge is -2.13. The minimum absolute atomic E-state index is 0.115. The SMILES string of the molecule is COc1cccc(NC(=O)CSc2nc3ccsc3c(=O)n2-c2cc(C)cc(C)c2)c1. The molecule has 6 nitrogen and oxygen atoms in total. The molecular formula is C23H21N3O3S2. The highest BCUT2D eigenvalue weighted by Crippen LogP contribution is 2.25. The Labute approximate surface area is 187 Å². The van der Waals surface area contributed by atoms with E-state index >= 15 is 0 Å². The number of rotatable bonds is 6. The molecule has 0 aliphatic heterocycles. The summed E-state index contributed by atoms with van der Waals surface area (Å²) in [5, 5.41) is 5.20. The van der Waals surface area contributed by atoms with Crippen LogP contribution in [0.25, 0.3) is 15.9 Å². The van der Waals surface area contributed by atoms with E-state index in [1.165, 1.54) is 23.1 Å². The summed E-state index contributed by atoms with van der Waals surface area (Å²) in [6.07, 6.45) is 0. The third-order valence-electron chi connectivity index (χ3n) is 4.60. The third kappa shape index (κ3) is 4.65. The van der Waals surface area contributed by atoms with E-state index in [-0.39, 0.29) is 17.2 Å². The van der Waals surface area contributed by atoms with Crippen LogP contribution in [-0.4, -0.2) is 28.3 Å². The molecule has 2 aromatic carbocycles. The van der Waals surface area contributed by atoms with E-state index in [0.717, 1.165) is 16.8 Å². The topological polar surface area (TPSA) is 73.2 Å². The van der Waals surface area contributed by atoms with Crippen LogP contribution in [0.15, 0.2) is 63.9 Å². The van der Waals surface area contributed by atoms with Gasteiger partial charge in [0.25, 0.3) is 5.56 Å². The number of ether oxygens (including phenoxy) is 1. The fraction of sp³-hybridized carbons (Fsp3) is 0.174. The highest BCUT2D eigenvalue weighted by Gasteiger charge is 2.16. The predicted molar refractivity (Wildman–Crippen MR) is 127 cm³/mol. The van der Waals surface area contributed by atoms with Crippen molar-refractivity contribution in [1.29, 1.82) is 0 Å². The number of fused-ring (bicyclic) bond motifs is 1. The van der Waals surface area contributed by atoms with E-state index in [4.69, 9.17) is 4.74 Å². The molecule has 4 rings (SSSR count). The Morgan fingerprint density at radius 3 is 2.68 bits per heavy atom. The van der Waals surface area contributed by atoms with Crippen LogP contribution in [0.2, 0.25) is 0 Å². The van der Waals surface area contributed by atoms with Crippen LogP contribution in [0.5, 0.6) is 5.75 Å². The molecule has 0 fully saturated rings. The van der Waals surface area contributed by atoms with Crippen LogP contribution in [0, 0.1) is 13.8 Å². The quantitative estimate of drug-likeness (QED) is 0.337. The smallest absolute Gasteiger partial charge is 0.276 e. The molecular weight excluding hydrogens is 430 g/mol. The van der Waals surface area contributed by atoms with Gasteiger partial charge in [0.1, 0.15) is 10.4 Å². The first-order valence-corrected chi connectivity index (χ1v) is 11.5. The summed E-state index contributed by atoms with van der Waals surface area (Å²) in [6.45, 7) is 3.99. The molecule has 8 heteroatoms. The number of anilines is 1. The molecule has 158 valence electrons. The second kappa shape index (κ2) is 8.95. The van der Waals surface area contributed by atoms with Crippen molar-refractivity contribution in [3.63, 3.8) is 0 Å². The van der Waals surface area contributed by atoms with E-state index in [1.54, 1.807) is 23.8 Å². The number of amides is 1. The van der Waals surface area contributed by atoms with E-state index in [2.05, 4.69) is 16.4 Å². The molecule has 0 saturated carbocycles. The van der Waals surface area contributed by atoms with Gasteiger partial charge in [0.15, 0.2) is 5.16 Å². The van der Waals surface area contributed by atoms with Gasteiger partial charge in [-0.1, -0.05) is 23.9 Å². The van der Waals surface area contributed by atoms with Crippen LogP contribution in [0.4, 0.5) is 5.69 Å². The number of hydrogen-bond acceptors (Lipinski definition) is 6. The number of benzene rings is 2. The van der Waals surface area contributed by atoms with Crippen molar-refractivity contribution in [2.75, 3.05) is 18.2 Å². The number of aryl methyl sites for hydroxylation is 2. The highest BCUT2D eigenvalue weighted by molar-refractivity contribution is 7.99. The molecule has 0 spiro atoms. The maximum atomic E-state index is 13.2. The maximum Gasteiger partial charge on any atom is 0.276 e. The minimum Gasteiger partial charge on any atom is -0.497 e. The summed E-state index contributed by atoms with van der Waals surface area (Å²) in [7, 11) is 1.58. The zero-order valence-electron chi connectivity index (χ0n) is 17.3. The standard InChI is InChI=1S/C23H21N3O3S2/c1-14-9-15(2)11-17(10-14)26-22(28)21-19(7-8-30-21)25-23(26)31-13-20(27)24-16-5-4-6-18(12-16)29-3/h4-12H,13H2,1-3H3,(H,24,27). The Balaban J connectivity index is 1.65. The Kier molecular flexibility index (Phi) is 6.11. The van der Waals surface area contributed by atoms with Crippen molar-refractivity contribution in [2.24, 2.45) is 0 Å². The van der Waals surface area contributed by atoms with Crippen molar-refractivity contribution < 1.29 is 9.53 Å². The number of carbonyl (C=O) groups is 1. The Morgan fingerprint density at radius 2 is 1.94 bits per heavy atom. The summed E-state index contributed by atoms with van der Waals surface area (Å²) < 4.78 is 7.39. The fourth-order valence-corrected chi connectivity index (χ4v) is 4.90. The molecule has 2 aromatic heterocycles. The first kappa shape index (κ1) is 21.1. The first-order chi connectivity index (χ1) is 14.9. The molecule has 0 saturated heterocycles. The van der Waals surface area contributed by atoms with Gasteiger partial charge in [0.2, 0.25) is 5.91 Å². The molecule has 0 aliphatic carbocycles. The summed E-state index contributed by atoms with van der Waals surface area (Å²) >= 11 is 2.61. The summed E-state index contributed by atoms with van der Waals surface area (Å²) in [5.74, 6) is 0.591. The number of nitrogens with zero attached hydrogens (tertiary/aromatic N) is 2. The molecule has 31 heavy (non-hydrogen) atoms. The first-order valence-electron chi connectivity index (χ1n) is 9.60. The van der Waals surface area contributed by atoms with Gasteiger partial charge in [0, 0.05) is 11.8 Å². The molecule has 2 heterocycles. The molecule has 0 atom stereocenters. The van der Waals surface area contributed by atoms with Gasteiger partial charge in [-0.25, -0.2) is 4.98 Å². The average molecular weight is 452 g/mol. The van der Waals surface area contributed by atoms with Gasteiger partial charge in [-0.2, -0.15) is 0 Å². The van der Waals surface area contributed by atoms with Gasteiger partial charge in [-0.3, -0.25) is 14.2 Å². The van der Waals surface area contributed by atoms with Crippen molar-refractivity contribution in [1.82, 2.24) is 9.55 Å². The van der Waals surface area contributed by atoms with Crippen LogP contribution in [-0.2, 0) is 4.79 Å². The van der Waals surface area contributed by atoms with E-state index < -0.39 is 0 Å². The largest absolute Gasteiger partial charge is 0.497 e. The summed E-state index contributed by atoms with van der Waals surface area (Å²) in [4.78, 5) is 30.5. The van der Waals surface area contributed by atoms with Gasteiger partial charge < -0.3 is 10.1 Å². The minimum atomic E-state index is -0.190. The number of aromatic nitrogens is 2. The monoisotopic (exact) mass is 451 g/mol. The third-order valence-corrected chi connectivity index (χ3v) is 6.43. The molecule has 1 amide bonds. The van der Waals surface area contributed by atoms with Crippen molar-refractivity contribution in [2.45, 2.75) is 19.0 Å². The summed E-state index contributed by atoms with van der Waals surface area (Å²) in [5.41, 5.74) is 4.03. The van der Waals surface area contributed by atoms with E-state index in [0.29, 0.717) is 26.8 Å². The lowest BCUT2D eigenvalue weighted by Crippen LogP contribution is -2.22. The van der Waals surface area contributed by atoms with Gasteiger partial charge in [0.05, 0.1) is 24.1 Å². The molecule has 0 radical (unpaired) electrons. The molecule has 4 aromatic rings. The van der Waals surface area contributed by atoms with Crippen molar-refractivity contribution in [3.05, 3.63) is 75.4 Å². The van der Waals surface area contributed by atoms with Crippen LogP contribution >= 0.6 is 23.1 Å². The molecule has 0 unspecified atom stereocenters. The fourth-order valence-electron chi connectivity index (χ4n) is 3.32. The molecule has 1 N–H and O–H groups in total. The second-order valence-electron chi connectivity index (χ2n) is 7.08. The Bertz CT molecular complexity index is 1310. The van der Waals surface area contributed by atoms with Crippen LogP contribution in [0.3, 0.4) is 0 Å². The predicted octanol–water partition coefficient (Wildman–Crippen LogP) is 4.80.